The maximum atomic E-state index is 13.4. The van der Waals surface area contributed by atoms with Gasteiger partial charge < -0.3 is 14.6 Å². The van der Waals surface area contributed by atoms with Gasteiger partial charge in [-0.15, -0.1) is 11.3 Å². The van der Waals surface area contributed by atoms with Crippen molar-refractivity contribution in [3.05, 3.63) is 75.8 Å². The Morgan fingerprint density at radius 3 is 2.56 bits per heavy atom. The number of carbonyl (C=O) groups excluding carboxylic acids is 2. The predicted molar refractivity (Wildman–Crippen MR) is 131 cm³/mol. The highest BCUT2D eigenvalue weighted by molar-refractivity contribution is 7.15. The number of ether oxygens (including phenoxy) is 1. The third-order valence-corrected chi connectivity index (χ3v) is 6.52. The first-order valence-corrected chi connectivity index (χ1v) is 11.7. The van der Waals surface area contributed by atoms with Gasteiger partial charge in [-0.25, -0.2) is 4.79 Å². The number of fused-ring (bicyclic) bond motifs is 1. The first kappa shape index (κ1) is 22.1. The molecule has 0 atom stereocenters. The molecule has 0 aliphatic carbocycles. The van der Waals surface area contributed by atoms with Crippen LogP contribution < -0.4 is 5.32 Å². The summed E-state index contributed by atoms with van der Waals surface area (Å²) in [6.45, 7) is 6.54. The summed E-state index contributed by atoms with van der Waals surface area (Å²) in [5.41, 5.74) is 4.34. The van der Waals surface area contributed by atoms with Gasteiger partial charge >= 0.3 is 5.97 Å². The summed E-state index contributed by atoms with van der Waals surface area (Å²) in [7, 11) is 0. The fraction of sp³-hybridized carbons (Fsp3) is 0.200. The van der Waals surface area contributed by atoms with Crippen molar-refractivity contribution >= 4 is 50.7 Å². The maximum Gasteiger partial charge on any atom is 0.341 e. The number of anilines is 1. The summed E-state index contributed by atoms with van der Waals surface area (Å²) in [6, 6.07) is 15.2. The van der Waals surface area contributed by atoms with Gasteiger partial charge in [0.05, 0.1) is 6.61 Å². The van der Waals surface area contributed by atoms with E-state index in [0.717, 1.165) is 27.6 Å². The number of benzene rings is 2. The molecule has 2 aromatic heterocycles. The van der Waals surface area contributed by atoms with Crippen LogP contribution in [0.15, 0.2) is 53.9 Å². The van der Waals surface area contributed by atoms with Crippen LogP contribution in [0, 0.1) is 6.92 Å². The summed E-state index contributed by atoms with van der Waals surface area (Å²) in [6.07, 6.45) is 0. The molecule has 0 radical (unpaired) electrons. The number of nitrogens with zero attached hydrogens (tertiary/aromatic N) is 1. The standard InChI is InChI=1S/C25H23ClN2O3S/c1-4-28-20-12-11-17(26)13-18(20)15(3)22(28)23(29)27-24-21(25(30)31-5-2)19(14-32-24)16-9-7-6-8-10-16/h6-14H,4-5H2,1-3H3,(H,27,29). The second-order valence-electron chi connectivity index (χ2n) is 7.27. The van der Waals surface area contributed by atoms with E-state index >= 15 is 0 Å². The van der Waals surface area contributed by atoms with E-state index in [4.69, 9.17) is 16.3 Å². The normalized spacial score (nSPS) is 11.0. The highest BCUT2D eigenvalue weighted by atomic mass is 35.5. The first-order chi connectivity index (χ1) is 15.5. The van der Waals surface area contributed by atoms with Crippen LogP contribution in [0.2, 0.25) is 5.02 Å². The van der Waals surface area contributed by atoms with Gasteiger partial charge in [0.25, 0.3) is 5.91 Å². The molecule has 2 heterocycles. The van der Waals surface area contributed by atoms with Crippen LogP contribution in [0.25, 0.3) is 22.0 Å². The second-order valence-corrected chi connectivity index (χ2v) is 8.59. The lowest BCUT2D eigenvalue weighted by Crippen LogP contribution is -2.19. The van der Waals surface area contributed by atoms with Crippen LogP contribution in [-0.2, 0) is 11.3 Å². The molecule has 1 N–H and O–H groups in total. The van der Waals surface area contributed by atoms with Gasteiger partial charge in [-0.2, -0.15) is 0 Å². The second kappa shape index (κ2) is 9.18. The summed E-state index contributed by atoms with van der Waals surface area (Å²) >= 11 is 7.51. The third-order valence-electron chi connectivity index (χ3n) is 5.39. The van der Waals surface area contributed by atoms with E-state index in [1.165, 1.54) is 11.3 Å². The molecule has 2 aromatic carbocycles. The Balaban J connectivity index is 1.78. The minimum absolute atomic E-state index is 0.250. The van der Waals surface area contributed by atoms with Gasteiger partial charge in [-0.3, -0.25) is 4.79 Å². The average Bonchev–Trinajstić information content (AvgIpc) is 3.33. The van der Waals surface area contributed by atoms with Crippen molar-refractivity contribution < 1.29 is 14.3 Å². The van der Waals surface area contributed by atoms with Crippen LogP contribution >= 0.6 is 22.9 Å². The lowest BCUT2D eigenvalue weighted by atomic mass is 10.0. The van der Waals surface area contributed by atoms with Crippen molar-refractivity contribution in [3.63, 3.8) is 0 Å². The van der Waals surface area contributed by atoms with Crippen molar-refractivity contribution in [1.82, 2.24) is 4.57 Å². The largest absolute Gasteiger partial charge is 0.462 e. The van der Waals surface area contributed by atoms with E-state index in [9.17, 15) is 9.59 Å². The zero-order chi connectivity index (χ0) is 22.8. The molecule has 4 rings (SSSR count). The van der Waals surface area contributed by atoms with E-state index in [1.807, 2.05) is 72.3 Å². The van der Waals surface area contributed by atoms with Crippen molar-refractivity contribution in [2.75, 3.05) is 11.9 Å². The minimum atomic E-state index is -0.456. The third kappa shape index (κ3) is 3.92. The maximum absolute atomic E-state index is 13.4. The predicted octanol–water partition coefficient (Wildman–Crippen LogP) is 6.78. The van der Waals surface area contributed by atoms with Gasteiger partial charge in [-0.1, -0.05) is 41.9 Å². The lowest BCUT2D eigenvalue weighted by Gasteiger charge is -2.11. The fourth-order valence-electron chi connectivity index (χ4n) is 3.96. The Morgan fingerprint density at radius 1 is 1.12 bits per heavy atom. The lowest BCUT2D eigenvalue weighted by molar-refractivity contribution is 0.0529. The highest BCUT2D eigenvalue weighted by Gasteiger charge is 2.25. The molecule has 5 nitrogen and oxygen atoms in total. The van der Waals surface area contributed by atoms with Crippen LogP contribution in [0.5, 0.6) is 0 Å². The molecule has 0 fully saturated rings. The van der Waals surface area contributed by atoms with Gasteiger partial charge in [0.2, 0.25) is 0 Å². The first-order valence-electron chi connectivity index (χ1n) is 10.4. The number of halogens is 1. The van der Waals surface area contributed by atoms with Crippen molar-refractivity contribution in [3.8, 4) is 11.1 Å². The molecular weight excluding hydrogens is 444 g/mol. The molecule has 0 saturated heterocycles. The number of aromatic nitrogens is 1. The zero-order valence-electron chi connectivity index (χ0n) is 18.1. The summed E-state index contributed by atoms with van der Waals surface area (Å²) in [5.74, 6) is -0.730. The zero-order valence-corrected chi connectivity index (χ0v) is 19.6. The number of aryl methyl sites for hydroxylation is 2. The molecular formula is C25H23ClN2O3S. The Bertz CT molecular complexity index is 1310. The number of esters is 1. The Labute approximate surface area is 195 Å². The van der Waals surface area contributed by atoms with Crippen LogP contribution in [-0.4, -0.2) is 23.1 Å². The minimum Gasteiger partial charge on any atom is -0.462 e. The van der Waals surface area contributed by atoms with E-state index in [2.05, 4.69) is 5.32 Å². The molecule has 164 valence electrons. The molecule has 4 aromatic rings. The Kier molecular flexibility index (Phi) is 6.35. The Morgan fingerprint density at radius 2 is 1.88 bits per heavy atom. The molecule has 0 aliphatic heterocycles. The van der Waals surface area contributed by atoms with Crippen LogP contribution in [0.1, 0.15) is 40.3 Å². The SMILES string of the molecule is CCOC(=O)c1c(-c2ccccc2)csc1NC(=O)c1c(C)c2cc(Cl)ccc2n1CC. The monoisotopic (exact) mass is 466 g/mol. The topological polar surface area (TPSA) is 60.3 Å². The smallest absolute Gasteiger partial charge is 0.341 e. The van der Waals surface area contributed by atoms with E-state index in [-0.39, 0.29) is 12.5 Å². The quantitative estimate of drug-likeness (QED) is 0.318. The summed E-state index contributed by atoms with van der Waals surface area (Å²) in [4.78, 5) is 26.3. The fourth-order valence-corrected chi connectivity index (χ4v) is 5.09. The number of hydrogen-bond acceptors (Lipinski definition) is 4. The Hall–Kier alpha value is -3.09. The van der Waals surface area contributed by atoms with E-state index in [0.29, 0.717) is 27.8 Å². The highest BCUT2D eigenvalue weighted by Crippen LogP contribution is 2.37. The summed E-state index contributed by atoms with van der Waals surface area (Å²) < 4.78 is 7.27. The molecule has 0 spiro atoms. The molecule has 0 aliphatic rings. The molecule has 0 unspecified atom stereocenters. The van der Waals surface area contributed by atoms with Crippen molar-refractivity contribution in [1.29, 1.82) is 0 Å². The van der Waals surface area contributed by atoms with Gasteiger partial charge in [0.1, 0.15) is 16.3 Å². The number of amides is 1. The van der Waals surface area contributed by atoms with Gasteiger partial charge in [-0.05, 0) is 50.1 Å². The molecule has 0 bridgehead atoms. The average molecular weight is 467 g/mol. The molecule has 32 heavy (non-hydrogen) atoms. The number of hydrogen-bond donors (Lipinski definition) is 1. The van der Waals surface area contributed by atoms with E-state index in [1.54, 1.807) is 6.92 Å². The van der Waals surface area contributed by atoms with Crippen molar-refractivity contribution in [2.24, 2.45) is 0 Å². The number of carbonyl (C=O) groups is 2. The number of nitrogens with one attached hydrogen (secondary N) is 1. The van der Waals surface area contributed by atoms with Crippen LogP contribution in [0.4, 0.5) is 5.00 Å². The van der Waals surface area contributed by atoms with E-state index < -0.39 is 5.97 Å². The van der Waals surface area contributed by atoms with Crippen molar-refractivity contribution in [2.45, 2.75) is 27.3 Å². The van der Waals surface area contributed by atoms with Gasteiger partial charge in [0.15, 0.2) is 0 Å². The van der Waals surface area contributed by atoms with Crippen LogP contribution in [0.3, 0.4) is 0 Å². The summed E-state index contributed by atoms with van der Waals surface area (Å²) in [5, 5.41) is 6.87. The molecule has 1 amide bonds. The van der Waals surface area contributed by atoms with Gasteiger partial charge in [0, 0.05) is 33.4 Å². The molecule has 7 heteroatoms. The molecule has 0 saturated carbocycles. The number of thiophene rings is 1. The number of rotatable bonds is 6.